The molecular formula is C46H54N8O6. The molecule has 5 aromatic rings. The Kier molecular flexibility index (Phi) is 11.5. The molecule has 2 saturated carbocycles. The van der Waals surface area contributed by atoms with Gasteiger partial charge in [0.2, 0.25) is 18.2 Å². The van der Waals surface area contributed by atoms with Crippen molar-refractivity contribution in [3.05, 3.63) is 72.3 Å². The molecule has 2 aromatic heterocycles. The minimum absolute atomic E-state index is 0.0277. The van der Waals surface area contributed by atoms with Crippen molar-refractivity contribution in [1.82, 2.24) is 35.1 Å². The van der Waals surface area contributed by atoms with E-state index in [4.69, 9.17) is 24.5 Å². The summed E-state index contributed by atoms with van der Waals surface area (Å²) in [7, 11) is 2.76. The van der Waals surface area contributed by atoms with Crippen molar-refractivity contribution < 1.29 is 28.9 Å². The fourth-order valence-corrected chi connectivity index (χ4v) is 10.2. The number of imidazole rings is 2. The van der Waals surface area contributed by atoms with Gasteiger partial charge in [-0.3, -0.25) is 9.59 Å². The van der Waals surface area contributed by atoms with Crippen molar-refractivity contribution in [2.45, 2.75) is 101 Å². The molecule has 4 aliphatic rings. The summed E-state index contributed by atoms with van der Waals surface area (Å²) in [4.78, 5) is 75.2. The highest BCUT2D eigenvalue weighted by Crippen LogP contribution is 2.38. The van der Waals surface area contributed by atoms with E-state index in [9.17, 15) is 14.4 Å². The standard InChI is InChI=1S/C46H54N8O6/c1-58-46(57)52-41(31-11-5-6-12-31)45(56)54-24-8-14-39(54)43-49-35-22-20-33(26-37(35)51-43)29-17-15-28(16-18-29)32-19-21-34-36(25-32)50-42(48-34)38-13-7-23-53(38)44(55)40(47-27-60-59-2)30-9-3-4-10-30/h15-22,25-27,30-31,38-41H,3-14,23-24H2,1-2H3,(H,48,50)(H,49,51)(H,52,57)/t38-,39-,40-,41-/m0/s1. The Morgan fingerprint density at radius 2 is 1.18 bits per heavy atom. The number of hydrogen-bond donors (Lipinski definition) is 3. The minimum atomic E-state index is -0.596. The Balaban J connectivity index is 0.897. The van der Waals surface area contributed by atoms with Crippen LogP contribution in [0, 0.1) is 11.8 Å². The van der Waals surface area contributed by atoms with E-state index in [1.165, 1.54) is 20.6 Å². The van der Waals surface area contributed by atoms with E-state index >= 15 is 0 Å². The van der Waals surface area contributed by atoms with Crippen LogP contribution >= 0.6 is 0 Å². The Labute approximate surface area is 349 Å². The van der Waals surface area contributed by atoms with Crippen LogP contribution in [0.1, 0.15) is 101 Å². The number of nitrogens with zero attached hydrogens (tertiary/aromatic N) is 5. The van der Waals surface area contributed by atoms with E-state index < -0.39 is 18.2 Å². The molecule has 0 bridgehead atoms. The average molecular weight is 815 g/mol. The van der Waals surface area contributed by atoms with E-state index in [1.54, 1.807) is 0 Å². The molecule has 14 nitrogen and oxygen atoms in total. The van der Waals surface area contributed by atoms with E-state index in [0.717, 1.165) is 133 Å². The second-order valence-electron chi connectivity index (χ2n) is 16.8. The van der Waals surface area contributed by atoms with Crippen LogP contribution in [0.25, 0.3) is 44.3 Å². The van der Waals surface area contributed by atoms with E-state index in [2.05, 4.69) is 68.8 Å². The molecule has 0 unspecified atom stereocenters. The second kappa shape index (κ2) is 17.5. The molecule has 2 saturated heterocycles. The van der Waals surface area contributed by atoms with E-state index in [1.807, 2.05) is 21.9 Å². The first kappa shape index (κ1) is 39.7. The molecule has 4 heterocycles. The molecule has 14 heteroatoms. The van der Waals surface area contributed by atoms with Gasteiger partial charge in [-0.15, -0.1) is 0 Å². The zero-order chi connectivity index (χ0) is 41.2. The van der Waals surface area contributed by atoms with Crippen LogP contribution < -0.4 is 5.32 Å². The quantitative estimate of drug-likeness (QED) is 0.0491. The van der Waals surface area contributed by atoms with E-state index in [-0.39, 0.29) is 35.7 Å². The highest BCUT2D eigenvalue weighted by atomic mass is 17.2. The first-order valence-electron chi connectivity index (χ1n) is 21.6. The van der Waals surface area contributed by atoms with Gasteiger partial charge < -0.3 is 34.7 Å². The maximum atomic E-state index is 14.0. The molecule has 3 amide bonds. The van der Waals surface area contributed by atoms with Crippen molar-refractivity contribution in [2.24, 2.45) is 16.8 Å². The molecule has 60 heavy (non-hydrogen) atoms. The average Bonchev–Trinajstić information content (AvgIpc) is 4.13. The van der Waals surface area contributed by atoms with Gasteiger partial charge in [0, 0.05) is 13.1 Å². The number of fused-ring (bicyclic) bond motifs is 2. The maximum Gasteiger partial charge on any atom is 0.407 e. The SMILES string of the molecule is COOC=N[C@H](C(=O)N1CCC[C@H]1c1nc2ccc(-c3ccc(-c4ccc5nc([C@@H]6CCCN6C(=O)[C@@H](NC(=O)OC)C6CCCC6)[nH]c5c4)cc3)cc2[nH]1)C1CCCC1. The number of methoxy groups -OCH3 is 1. The van der Waals surface area contributed by atoms with Crippen LogP contribution in [-0.2, 0) is 24.1 Å². The molecule has 0 spiro atoms. The van der Waals surface area contributed by atoms with Gasteiger partial charge in [-0.05, 0) is 110 Å². The first-order valence-corrected chi connectivity index (χ1v) is 21.6. The summed E-state index contributed by atoms with van der Waals surface area (Å²) in [6, 6.07) is 19.6. The Bertz CT molecular complexity index is 2360. The lowest BCUT2D eigenvalue weighted by molar-refractivity contribution is -0.188. The van der Waals surface area contributed by atoms with Crippen molar-refractivity contribution >= 4 is 46.4 Å². The Hall–Kier alpha value is -5.76. The summed E-state index contributed by atoms with van der Waals surface area (Å²) in [6.07, 6.45) is 12.3. The van der Waals surface area contributed by atoms with Crippen LogP contribution in [0.5, 0.6) is 0 Å². The molecule has 3 aromatic carbocycles. The second-order valence-corrected chi connectivity index (χ2v) is 16.8. The fraction of sp³-hybridized carbons (Fsp3) is 0.478. The summed E-state index contributed by atoms with van der Waals surface area (Å²) < 4.78 is 4.89. The number of amides is 3. The van der Waals surface area contributed by atoms with Gasteiger partial charge in [0.25, 0.3) is 0 Å². The molecule has 9 rings (SSSR count). The largest absolute Gasteiger partial charge is 0.453 e. The van der Waals surface area contributed by atoms with Gasteiger partial charge in [-0.25, -0.2) is 19.8 Å². The molecule has 4 atom stereocenters. The molecule has 4 fully saturated rings. The summed E-state index contributed by atoms with van der Waals surface area (Å²) >= 11 is 0. The number of H-pyrrole nitrogens is 2. The lowest BCUT2D eigenvalue weighted by Gasteiger charge is -2.31. The van der Waals surface area contributed by atoms with Crippen LogP contribution in [0.4, 0.5) is 4.79 Å². The predicted molar refractivity (Wildman–Crippen MR) is 228 cm³/mol. The number of ether oxygens (including phenoxy) is 1. The third-order valence-electron chi connectivity index (χ3n) is 13.3. The van der Waals surface area contributed by atoms with Crippen molar-refractivity contribution in [3.8, 4) is 22.3 Å². The number of carbonyl (C=O) groups is 3. The van der Waals surface area contributed by atoms with Crippen LogP contribution in [-0.4, -0.2) is 93.4 Å². The van der Waals surface area contributed by atoms with Gasteiger partial charge in [-0.1, -0.05) is 62.1 Å². The number of aliphatic imine (C=N–C) groups is 1. The van der Waals surface area contributed by atoms with E-state index in [0.29, 0.717) is 13.1 Å². The molecule has 3 N–H and O–H groups in total. The summed E-state index contributed by atoms with van der Waals surface area (Å²) in [6.45, 7) is 1.30. The van der Waals surface area contributed by atoms with Gasteiger partial charge >= 0.3 is 6.09 Å². The zero-order valence-corrected chi connectivity index (χ0v) is 34.4. The number of aromatic nitrogens is 4. The predicted octanol–water partition coefficient (Wildman–Crippen LogP) is 8.18. The summed E-state index contributed by atoms with van der Waals surface area (Å²) in [5.74, 6) is 1.86. The number of rotatable bonds is 12. The van der Waals surface area contributed by atoms with Gasteiger partial charge in [0.05, 0.1) is 48.4 Å². The van der Waals surface area contributed by atoms with Gasteiger partial charge in [0.15, 0.2) is 0 Å². The number of likely N-dealkylation sites (tertiary alicyclic amines) is 2. The third-order valence-corrected chi connectivity index (χ3v) is 13.3. The van der Waals surface area contributed by atoms with Gasteiger partial charge in [-0.2, -0.15) is 4.89 Å². The number of alkyl carbamates (subject to hydrolysis) is 1. The van der Waals surface area contributed by atoms with Crippen LogP contribution in [0.15, 0.2) is 65.7 Å². The normalized spacial score (nSPS) is 21.1. The Morgan fingerprint density at radius 3 is 1.70 bits per heavy atom. The highest BCUT2D eigenvalue weighted by molar-refractivity contribution is 5.88. The number of hydrogen-bond acceptors (Lipinski definition) is 9. The lowest BCUT2D eigenvalue weighted by Crippen LogP contribution is -2.51. The minimum Gasteiger partial charge on any atom is -0.453 e. The third kappa shape index (κ3) is 7.96. The molecule has 2 aliphatic heterocycles. The zero-order valence-electron chi connectivity index (χ0n) is 34.4. The molecule has 0 radical (unpaired) electrons. The summed E-state index contributed by atoms with van der Waals surface area (Å²) in [5.41, 5.74) is 7.85. The molecule has 314 valence electrons. The lowest BCUT2D eigenvalue weighted by atomic mass is 9.96. The van der Waals surface area contributed by atoms with Crippen molar-refractivity contribution in [2.75, 3.05) is 27.3 Å². The van der Waals surface area contributed by atoms with Crippen LogP contribution in [0.2, 0.25) is 0 Å². The summed E-state index contributed by atoms with van der Waals surface area (Å²) in [5, 5.41) is 2.86. The number of benzene rings is 3. The Morgan fingerprint density at radius 1 is 0.683 bits per heavy atom. The van der Waals surface area contributed by atoms with Crippen LogP contribution in [0.3, 0.4) is 0 Å². The van der Waals surface area contributed by atoms with Crippen molar-refractivity contribution in [3.63, 3.8) is 0 Å². The first-order chi connectivity index (χ1) is 29.4. The topological polar surface area (TPSA) is 167 Å². The van der Waals surface area contributed by atoms with Crippen molar-refractivity contribution in [1.29, 1.82) is 0 Å². The maximum absolute atomic E-state index is 14.0. The molecular weight excluding hydrogens is 761 g/mol. The highest BCUT2D eigenvalue weighted by Gasteiger charge is 2.41. The smallest absolute Gasteiger partial charge is 0.407 e. The monoisotopic (exact) mass is 814 g/mol. The fourth-order valence-electron chi connectivity index (χ4n) is 10.2. The number of nitrogens with one attached hydrogen (secondary N) is 3. The number of carbonyl (C=O) groups excluding carboxylic acids is 3. The van der Waals surface area contributed by atoms with Gasteiger partial charge in [0.1, 0.15) is 23.7 Å². The molecule has 2 aliphatic carbocycles. The number of aromatic amines is 2.